The number of hydrogen-bond acceptors (Lipinski definition) is 6. The lowest BCUT2D eigenvalue weighted by Gasteiger charge is -2.45. The van der Waals surface area contributed by atoms with Crippen LogP contribution in [0.5, 0.6) is 5.75 Å². The van der Waals surface area contributed by atoms with Gasteiger partial charge in [-0.1, -0.05) is 66.7 Å². The molecule has 36 heavy (non-hydrogen) atoms. The van der Waals surface area contributed by atoms with Gasteiger partial charge >= 0.3 is 0 Å². The second-order valence-corrected chi connectivity index (χ2v) is 9.20. The Morgan fingerprint density at radius 3 is 2.17 bits per heavy atom. The van der Waals surface area contributed by atoms with E-state index in [1.807, 2.05) is 91.0 Å². The Morgan fingerprint density at radius 2 is 1.53 bits per heavy atom. The fourth-order valence-corrected chi connectivity index (χ4v) is 5.15. The van der Waals surface area contributed by atoms with Crippen molar-refractivity contribution in [2.45, 2.75) is 11.6 Å². The zero-order chi connectivity index (χ0) is 24.8. The summed E-state index contributed by atoms with van der Waals surface area (Å²) in [6.45, 7) is 3.66. The lowest BCUT2D eigenvalue weighted by Crippen LogP contribution is -2.57. The number of piperazine rings is 1. The summed E-state index contributed by atoms with van der Waals surface area (Å²) in [6.07, 6.45) is 2.22. The number of aldehydes is 1. The minimum atomic E-state index is -0.835. The van der Waals surface area contributed by atoms with Crippen LogP contribution in [0.4, 0.5) is 0 Å². The largest absolute Gasteiger partial charge is 0.490 e. The topological polar surface area (TPSA) is 65.9 Å². The van der Waals surface area contributed by atoms with Gasteiger partial charge in [0, 0.05) is 44.3 Å². The van der Waals surface area contributed by atoms with Gasteiger partial charge in [-0.25, -0.2) is 0 Å². The van der Waals surface area contributed by atoms with Gasteiger partial charge < -0.3 is 14.6 Å². The van der Waals surface area contributed by atoms with E-state index in [1.54, 1.807) is 6.20 Å². The molecule has 6 heteroatoms. The molecule has 0 amide bonds. The fraction of sp³-hybridized carbons (Fsp3) is 0.267. The molecule has 5 rings (SSSR count). The van der Waals surface area contributed by atoms with Crippen molar-refractivity contribution in [1.82, 2.24) is 14.8 Å². The summed E-state index contributed by atoms with van der Waals surface area (Å²) < 4.78 is 5.96. The van der Waals surface area contributed by atoms with Gasteiger partial charge in [-0.15, -0.1) is 0 Å². The Bertz CT molecular complexity index is 1230. The molecule has 0 spiro atoms. The summed E-state index contributed by atoms with van der Waals surface area (Å²) in [5, 5.41) is 11.6. The normalized spacial score (nSPS) is 16.0. The van der Waals surface area contributed by atoms with Crippen molar-refractivity contribution in [2.75, 3.05) is 39.3 Å². The number of aliphatic hydroxyl groups excluding tert-OH is 1. The quantitative estimate of drug-likeness (QED) is 0.368. The number of aliphatic hydroxyl groups is 1. The van der Waals surface area contributed by atoms with Gasteiger partial charge in [0.2, 0.25) is 0 Å². The molecule has 0 bridgehead atoms. The van der Waals surface area contributed by atoms with Crippen LogP contribution in [0.15, 0.2) is 97.2 Å². The molecule has 1 aliphatic heterocycles. The number of hydrogen-bond donors (Lipinski definition) is 1. The van der Waals surface area contributed by atoms with Crippen LogP contribution in [0.1, 0.15) is 11.1 Å². The smallest absolute Gasteiger partial charge is 0.149 e. The van der Waals surface area contributed by atoms with E-state index in [0.29, 0.717) is 19.6 Å². The average Bonchev–Trinajstić information content (AvgIpc) is 2.95. The van der Waals surface area contributed by atoms with Crippen molar-refractivity contribution < 1.29 is 14.6 Å². The number of carbonyl (C=O) groups is 1. The number of aromatic nitrogens is 1. The van der Waals surface area contributed by atoms with Crippen molar-refractivity contribution in [2.24, 2.45) is 0 Å². The lowest BCUT2D eigenvalue weighted by molar-refractivity contribution is -0.118. The highest BCUT2D eigenvalue weighted by Crippen LogP contribution is 2.35. The first kappa shape index (κ1) is 24.1. The summed E-state index contributed by atoms with van der Waals surface area (Å²) in [6, 6.07) is 29.6. The number of pyridine rings is 1. The van der Waals surface area contributed by atoms with Crippen molar-refractivity contribution in [3.63, 3.8) is 0 Å². The van der Waals surface area contributed by atoms with Gasteiger partial charge in [-0.3, -0.25) is 14.8 Å². The van der Waals surface area contributed by atoms with Crippen LogP contribution in [-0.2, 0) is 10.3 Å². The minimum absolute atomic E-state index is 0.209. The second-order valence-electron chi connectivity index (χ2n) is 9.20. The zero-order valence-electron chi connectivity index (χ0n) is 20.2. The number of ether oxygens (including phenoxy) is 1. The highest BCUT2D eigenvalue weighted by molar-refractivity contribution is 5.84. The Kier molecular flexibility index (Phi) is 7.37. The predicted molar refractivity (Wildman–Crippen MR) is 141 cm³/mol. The molecule has 1 unspecified atom stereocenters. The van der Waals surface area contributed by atoms with Crippen LogP contribution in [0.3, 0.4) is 0 Å². The first-order chi connectivity index (χ1) is 17.7. The second kappa shape index (κ2) is 11.0. The van der Waals surface area contributed by atoms with Crippen LogP contribution in [0, 0.1) is 0 Å². The van der Waals surface area contributed by atoms with Crippen LogP contribution in [0.25, 0.3) is 10.9 Å². The number of rotatable bonds is 9. The van der Waals surface area contributed by atoms with Gasteiger partial charge in [0.15, 0.2) is 0 Å². The van der Waals surface area contributed by atoms with Gasteiger partial charge in [0.25, 0.3) is 0 Å². The first-order valence-corrected chi connectivity index (χ1v) is 12.4. The lowest BCUT2D eigenvalue weighted by atomic mass is 9.82. The highest BCUT2D eigenvalue weighted by Gasteiger charge is 2.41. The summed E-state index contributed by atoms with van der Waals surface area (Å²) in [4.78, 5) is 21.6. The molecule has 3 aromatic carbocycles. The first-order valence-electron chi connectivity index (χ1n) is 12.4. The average molecular weight is 482 g/mol. The standard InChI is InChI=1S/C30H31N3O3/c34-23-30(24-9-3-1-4-10-24,25-11-5-2-6-12-25)33-19-17-32(18-20-33)21-26(35)22-36-29-15-7-14-28-27(29)13-8-16-31-28/h1-16,23,26,35H,17-22H2. The molecule has 6 nitrogen and oxygen atoms in total. The maximum absolute atomic E-state index is 12.8. The van der Waals surface area contributed by atoms with Crippen molar-refractivity contribution in [3.05, 3.63) is 108 Å². The molecule has 0 aliphatic carbocycles. The monoisotopic (exact) mass is 481 g/mol. The maximum atomic E-state index is 12.8. The summed E-state index contributed by atoms with van der Waals surface area (Å²) >= 11 is 0. The molecule has 1 saturated heterocycles. The van der Waals surface area contributed by atoms with E-state index in [-0.39, 0.29) is 6.61 Å². The maximum Gasteiger partial charge on any atom is 0.149 e. The van der Waals surface area contributed by atoms with E-state index < -0.39 is 11.6 Å². The van der Waals surface area contributed by atoms with Gasteiger partial charge in [-0.2, -0.15) is 0 Å². The third kappa shape index (κ3) is 4.88. The molecule has 1 aliphatic rings. The van der Waals surface area contributed by atoms with E-state index >= 15 is 0 Å². The summed E-state index contributed by atoms with van der Waals surface area (Å²) in [5.41, 5.74) is 1.98. The molecule has 1 fully saturated rings. The van der Waals surface area contributed by atoms with Gasteiger partial charge in [0.05, 0.1) is 5.52 Å². The predicted octanol–water partition coefficient (Wildman–Crippen LogP) is 3.73. The molecular formula is C30H31N3O3. The Hall–Kier alpha value is -3.58. The van der Waals surface area contributed by atoms with Crippen LogP contribution >= 0.6 is 0 Å². The van der Waals surface area contributed by atoms with Crippen molar-refractivity contribution in [1.29, 1.82) is 0 Å². The molecule has 2 heterocycles. The highest BCUT2D eigenvalue weighted by atomic mass is 16.5. The number of β-amino-alcohol motifs (C(OH)–C–C–N with tert-alkyl or cyclic N) is 1. The molecule has 184 valence electrons. The SMILES string of the molecule is O=CC(c1ccccc1)(c1ccccc1)N1CCN(CC(O)COc2cccc3ncccc23)CC1. The van der Waals surface area contributed by atoms with Gasteiger partial charge in [-0.05, 0) is 35.4 Å². The van der Waals surface area contributed by atoms with Crippen molar-refractivity contribution >= 4 is 17.2 Å². The van der Waals surface area contributed by atoms with E-state index in [2.05, 4.69) is 14.8 Å². The third-order valence-corrected chi connectivity index (χ3v) is 6.98. The number of benzene rings is 3. The van der Waals surface area contributed by atoms with Crippen LogP contribution in [-0.4, -0.2) is 71.6 Å². The molecule has 1 atom stereocenters. The van der Waals surface area contributed by atoms with Crippen molar-refractivity contribution in [3.8, 4) is 5.75 Å². The van der Waals surface area contributed by atoms with E-state index in [9.17, 15) is 9.90 Å². The van der Waals surface area contributed by atoms with E-state index in [4.69, 9.17) is 4.74 Å². The molecule has 1 N–H and O–H groups in total. The van der Waals surface area contributed by atoms with Crippen LogP contribution < -0.4 is 4.74 Å². The van der Waals surface area contributed by atoms with Gasteiger partial charge in [0.1, 0.15) is 30.3 Å². The Labute approximate surface area is 211 Å². The summed E-state index contributed by atoms with van der Waals surface area (Å²) in [5.74, 6) is 0.728. The fourth-order valence-electron chi connectivity index (χ4n) is 5.15. The number of fused-ring (bicyclic) bond motifs is 1. The third-order valence-electron chi connectivity index (χ3n) is 6.98. The van der Waals surface area contributed by atoms with E-state index in [0.717, 1.165) is 47.2 Å². The number of carbonyl (C=O) groups excluding carboxylic acids is 1. The molecular weight excluding hydrogens is 450 g/mol. The zero-order valence-corrected chi connectivity index (χ0v) is 20.2. The summed E-state index contributed by atoms with van der Waals surface area (Å²) in [7, 11) is 0. The number of nitrogens with zero attached hydrogens (tertiary/aromatic N) is 3. The minimum Gasteiger partial charge on any atom is -0.490 e. The Balaban J connectivity index is 1.23. The molecule has 0 saturated carbocycles. The molecule has 0 radical (unpaired) electrons. The molecule has 4 aromatic rings. The van der Waals surface area contributed by atoms with Crippen LogP contribution in [0.2, 0.25) is 0 Å². The Morgan fingerprint density at radius 1 is 0.861 bits per heavy atom. The molecule has 1 aromatic heterocycles. The van der Waals surface area contributed by atoms with E-state index in [1.165, 1.54) is 0 Å².